The summed E-state index contributed by atoms with van der Waals surface area (Å²) in [7, 11) is -2.81. The fourth-order valence-electron chi connectivity index (χ4n) is 1.89. The van der Waals surface area contributed by atoms with Crippen LogP contribution in [0.3, 0.4) is 0 Å². The lowest BCUT2D eigenvalue weighted by molar-refractivity contribution is 0.280. The van der Waals surface area contributed by atoms with Crippen LogP contribution in [0, 0.1) is 11.6 Å². The van der Waals surface area contributed by atoms with Crippen molar-refractivity contribution in [3.8, 4) is 0 Å². The molecule has 1 N–H and O–H groups in total. The predicted octanol–water partition coefficient (Wildman–Crippen LogP) is 2.27. The first-order chi connectivity index (χ1) is 9.25. The van der Waals surface area contributed by atoms with Gasteiger partial charge in [0.25, 0.3) is 0 Å². The van der Waals surface area contributed by atoms with E-state index in [9.17, 15) is 17.2 Å². The molecule has 1 rings (SSSR count). The summed E-state index contributed by atoms with van der Waals surface area (Å²) in [6.07, 6.45) is 1.38. The van der Waals surface area contributed by atoms with E-state index in [1.165, 1.54) is 7.05 Å². The van der Waals surface area contributed by atoms with Gasteiger partial charge in [-0.2, -0.15) is 4.31 Å². The SMILES string of the molecule is CCCC(C)N(C)S(=O)(=O)c1cc(CO)cc(F)c1F. The van der Waals surface area contributed by atoms with Gasteiger partial charge in [0.2, 0.25) is 10.0 Å². The van der Waals surface area contributed by atoms with E-state index in [1.807, 2.05) is 6.92 Å². The van der Waals surface area contributed by atoms with Crippen molar-refractivity contribution < 1.29 is 22.3 Å². The molecule has 7 heteroatoms. The van der Waals surface area contributed by atoms with Crippen molar-refractivity contribution in [1.29, 1.82) is 0 Å². The highest BCUT2D eigenvalue weighted by Crippen LogP contribution is 2.24. The Balaban J connectivity index is 3.31. The van der Waals surface area contributed by atoms with E-state index in [0.717, 1.165) is 22.9 Å². The van der Waals surface area contributed by atoms with Crippen molar-refractivity contribution in [1.82, 2.24) is 4.31 Å². The second-order valence-electron chi connectivity index (χ2n) is 4.71. The van der Waals surface area contributed by atoms with E-state index in [2.05, 4.69) is 0 Å². The molecule has 1 aromatic carbocycles. The van der Waals surface area contributed by atoms with Crippen LogP contribution in [0.2, 0.25) is 0 Å². The number of aliphatic hydroxyl groups is 1. The topological polar surface area (TPSA) is 57.6 Å². The number of aliphatic hydroxyl groups excluding tert-OH is 1. The van der Waals surface area contributed by atoms with Gasteiger partial charge in [-0.05, 0) is 31.0 Å². The van der Waals surface area contributed by atoms with Gasteiger partial charge in [0.05, 0.1) is 6.61 Å². The van der Waals surface area contributed by atoms with Crippen molar-refractivity contribution in [2.45, 2.75) is 44.2 Å². The average molecular weight is 307 g/mol. The zero-order valence-electron chi connectivity index (χ0n) is 11.7. The van der Waals surface area contributed by atoms with Crippen molar-refractivity contribution in [3.05, 3.63) is 29.3 Å². The van der Waals surface area contributed by atoms with Crippen LogP contribution < -0.4 is 0 Å². The van der Waals surface area contributed by atoms with Crippen LogP contribution in [0.5, 0.6) is 0 Å². The number of nitrogens with zero attached hydrogens (tertiary/aromatic N) is 1. The standard InChI is InChI=1S/C13H19F2NO3S/c1-4-5-9(2)16(3)20(18,19)12-7-10(8-17)6-11(14)13(12)15/h6-7,9,17H,4-5,8H2,1-3H3. The molecule has 0 amide bonds. The van der Waals surface area contributed by atoms with Crippen LogP contribution in [0.25, 0.3) is 0 Å². The molecule has 0 aliphatic heterocycles. The second kappa shape index (κ2) is 6.60. The number of hydrogen-bond acceptors (Lipinski definition) is 3. The number of hydrogen-bond donors (Lipinski definition) is 1. The van der Waals surface area contributed by atoms with Crippen molar-refractivity contribution in [2.24, 2.45) is 0 Å². The Bertz CT molecular complexity index is 575. The third-order valence-electron chi connectivity index (χ3n) is 3.22. The molecule has 1 aromatic rings. The Labute approximate surface area is 118 Å². The third kappa shape index (κ3) is 3.34. The Morgan fingerprint density at radius 3 is 2.45 bits per heavy atom. The Kier molecular flexibility index (Phi) is 5.61. The quantitative estimate of drug-likeness (QED) is 0.877. The normalized spacial score (nSPS) is 13.8. The maximum atomic E-state index is 13.8. The first-order valence-electron chi connectivity index (χ1n) is 6.32. The number of rotatable bonds is 6. The Morgan fingerprint density at radius 2 is 1.95 bits per heavy atom. The lowest BCUT2D eigenvalue weighted by Crippen LogP contribution is -2.35. The van der Waals surface area contributed by atoms with Gasteiger partial charge in [-0.1, -0.05) is 13.3 Å². The molecular weight excluding hydrogens is 288 g/mol. The summed E-state index contributed by atoms with van der Waals surface area (Å²) < 4.78 is 52.8. The fraction of sp³-hybridized carbons (Fsp3) is 0.538. The zero-order valence-corrected chi connectivity index (χ0v) is 12.5. The smallest absolute Gasteiger partial charge is 0.246 e. The van der Waals surface area contributed by atoms with Crippen LogP contribution in [0.1, 0.15) is 32.3 Å². The average Bonchev–Trinajstić information content (AvgIpc) is 2.40. The molecule has 0 saturated carbocycles. The van der Waals surface area contributed by atoms with Crippen LogP contribution in [0.4, 0.5) is 8.78 Å². The molecule has 0 saturated heterocycles. The van der Waals surface area contributed by atoms with E-state index in [0.29, 0.717) is 6.42 Å². The number of halogens is 2. The van der Waals surface area contributed by atoms with E-state index >= 15 is 0 Å². The lowest BCUT2D eigenvalue weighted by Gasteiger charge is -2.24. The number of sulfonamides is 1. The third-order valence-corrected chi connectivity index (χ3v) is 5.19. The first-order valence-corrected chi connectivity index (χ1v) is 7.76. The van der Waals surface area contributed by atoms with Gasteiger partial charge < -0.3 is 5.11 Å². The highest BCUT2D eigenvalue weighted by Gasteiger charge is 2.29. The highest BCUT2D eigenvalue weighted by molar-refractivity contribution is 7.89. The lowest BCUT2D eigenvalue weighted by atomic mass is 10.2. The minimum Gasteiger partial charge on any atom is -0.392 e. The van der Waals surface area contributed by atoms with Crippen molar-refractivity contribution >= 4 is 10.0 Å². The molecule has 0 spiro atoms. The van der Waals surface area contributed by atoms with E-state index < -0.39 is 33.2 Å². The summed E-state index contributed by atoms with van der Waals surface area (Å²) in [6.45, 7) is 3.04. The Hall–Kier alpha value is -1.05. The van der Waals surface area contributed by atoms with Gasteiger partial charge in [-0.15, -0.1) is 0 Å². The van der Waals surface area contributed by atoms with Crippen LogP contribution in [-0.4, -0.2) is 30.9 Å². The van der Waals surface area contributed by atoms with Crippen LogP contribution in [0.15, 0.2) is 17.0 Å². The summed E-state index contributed by atoms with van der Waals surface area (Å²) in [6, 6.07) is 1.41. The molecule has 0 aromatic heterocycles. The molecule has 0 heterocycles. The molecule has 1 atom stereocenters. The zero-order chi connectivity index (χ0) is 15.5. The van der Waals surface area contributed by atoms with Crippen LogP contribution >= 0.6 is 0 Å². The minimum atomic E-state index is -4.14. The molecule has 114 valence electrons. The molecule has 0 aliphatic carbocycles. The fourth-order valence-corrected chi connectivity index (χ4v) is 3.40. The molecule has 1 unspecified atom stereocenters. The van der Waals surface area contributed by atoms with Gasteiger partial charge in [-0.25, -0.2) is 17.2 Å². The molecule has 0 aliphatic rings. The minimum absolute atomic E-state index is 0.0130. The van der Waals surface area contributed by atoms with E-state index in [-0.39, 0.29) is 11.6 Å². The Morgan fingerprint density at radius 1 is 1.35 bits per heavy atom. The molecule has 20 heavy (non-hydrogen) atoms. The number of benzene rings is 1. The van der Waals surface area contributed by atoms with E-state index in [1.54, 1.807) is 6.92 Å². The largest absolute Gasteiger partial charge is 0.392 e. The molecule has 0 fully saturated rings. The molecule has 4 nitrogen and oxygen atoms in total. The summed E-state index contributed by atoms with van der Waals surface area (Å²) in [5.41, 5.74) is 0.0130. The second-order valence-corrected chi connectivity index (χ2v) is 6.67. The van der Waals surface area contributed by atoms with Gasteiger partial charge in [0, 0.05) is 13.1 Å². The molecule has 0 radical (unpaired) electrons. The van der Waals surface area contributed by atoms with E-state index in [4.69, 9.17) is 5.11 Å². The van der Waals surface area contributed by atoms with Gasteiger partial charge >= 0.3 is 0 Å². The van der Waals surface area contributed by atoms with Crippen molar-refractivity contribution in [3.63, 3.8) is 0 Å². The highest BCUT2D eigenvalue weighted by atomic mass is 32.2. The summed E-state index contributed by atoms with van der Waals surface area (Å²) in [5, 5.41) is 8.98. The summed E-state index contributed by atoms with van der Waals surface area (Å²) in [4.78, 5) is -0.744. The first kappa shape index (κ1) is 17.0. The van der Waals surface area contributed by atoms with Crippen molar-refractivity contribution in [2.75, 3.05) is 7.05 Å². The predicted molar refractivity (Wildman–Crippen MR) is 71.6 cm³/mol. The maximum Gasteiger partial charge on any atom is 0.246 e. The molecule has 0 bridgehead atoms. The van der Waals surface area contributed by atoms with Crippen LogP contribution in [-0.2, 0) is 16.6 Å². The van der Waals surface area contributed by atoms with Gasteiger partial charge in [0.15, 0.2) is 11.6 Å². The monoisotopic (exact) mass is 307 g/mol. The van der Waals surface area contributed by atoms with Gasteiger partial charge in [-0.3, -0.25) is 0 Å². The summed E-state index contributed by atoms with van der Waals surface area (Å²) >= 11 is 0. The van der Waals surface area contributed by atoms with Gasteiger partial charge in [0.1, 0.15) is 4.90 Å². The maximum absolute atomic E-state index is 13.8. The summed E-state index contributed by atoms with van der Waals surface area (Å²) in [5.74, 6) is -2.70. The molecular formula is C13H19F2NO3S.